The lowest BCUT2D eigenvalue weighted by molar-refractivity contribution is 0.0638. The molecule has 1 aromatic carbocycles. The number of nitrogens with zero attached hydrogens (tertiary/aromatic N) is 1. The van der Waals surface area contributed by atoms with Crippen LogP contribution in [0.15, 0.2) is 30.3 Å². The zero-order chi connectivity index (χ0) is 11.3. The molecule has 0 aliphatic carbocycles. The van der Waals surface area contributed by atoms with Crippen LogP contribution in [0.1, 0.15) is 32.4 Å². The fourth-order valence-corrected chi connectivity index (χ4v) is 1.93. The number of benzene rings is 1. The van der Waals surface area contributed by atoms with Crippen LogP contribution in [0, 0.1) is 0 Å². The van der Waals surface area contributed by atoms with Crippen LogP contribution < -0.4 is 0 Å². The summed E-state index contributed by atoms with van der Waals surface area (Å²) in [5.74, 6) is 0. The first-order chi connectivity index (χ1) is 7.20. The second-order valence-corrected chi connectivity index (χ2v) is 3.82. The van der Waals surface area contributed by atoms with Gasteiger partial charge in [0.25, 0.3) is 0 Å². The zero-order valence-electron chi connectivity index (χ0n) is 10.3. The van der Waals surface area contributed by atoms with E-state index in [1.54, 1.807) is 0 Å². The van der Waals surface area contributed by atoms with Crippen LogP contribution in [0.4, 0.5) is 0 Å². The van der Waals surface area contributed by atoms with Crippen molar-refractivity contribution in [3.8, 4) is 0 Å². The van der Waals surface area contributed by atoms with Crippen molar-refractivity contribution < 1.29 is 5.11 Å². The smallest absolute Gasteiger partial charge is 0.0942 e. The van der Waals surface area contributed by atoms with E-state index in [0.29, 0.717) is 0 Å². The Kier molecular flexibility index (Phi) is 7.39. The number of aliphatic hydroxyl groups excluding tert-OH is 1. The molecule has 1 N–H and O–H groups in total. The fraction of sp³-hybridized carbons (Fsp3) is 0.538. The number of aliphatic hydroxyl groups is 1. The van der Waals surface area contributed by atoms with Crippen LogP contribution in [0.25, 0.3) is 0 Å². The van der Waals surface area contributed by atoms with Gasteiger partial charge in [-0.15, -0.1) is 12.4 Å². The topological polar surface area (TPSA) is 23.5 Å². The van der Waals surface area contributed by atoms with Crippen molar-refractivity contribution in [1.29, 1.82) is 0 Å². The van der Waals surface area contributed by atoms with Crippen LogP contribution in [0.2, 0.25) is 0 Å². The summed E-state index contributed by atoms with van der Waals surface area (Å²) in [6.07, 6.45) is -0.397. The molecule has 0 aliphatic rings. The number of halogens is 1. The highest BCUT2D eigenvalue weighted by Gasteiger charge is 2.20. The summed E-state index contributed by atoms with van der Waals surface area (Å²) < 4.78 is 0. The molecule has 0 aliphatic heterocycles. The molecule has 0 saturated carbocycles. The Balaban J connectivity index is 0.00000225. The summed E-state index contributed by atoms with van der Waals surface area (Å²) in [5, 5.41) is 10.2. The number of likely N-dealkylation sites (N-methyl/N-ethyl adjacent to an activating group) is 1. The van der Waals surface area contributed by atoms with E-state index in [2.05, 4.69) is 25.7 Å². The van der Waals surface area contributed by atoms with Crippen LogP contribution >= 0.6 is 12.4 Å². The van der Waals surface area contributed by atoms with Gasteiger partial charge in [0.15, 0.2) is 0 Å². The minimum Gasteiger partial charge on any atom is -0.387 e. The molecule has 3 heteroatoms. The molecular formula is C13H22ClNO. The molecule has 16 heavy (non-hydrogen) atoms. The summed E-state index contributed by atoms with van der Waals surface area (Å²) in [6.45, 7) is 8.27. The van der Waals surface area contributed by atoms with Gasteiger partial charge >= 0.3 is 0 Å². The molecule has 0 unspecified atom stereocenters. The standard InChI is InChI=1S/C13H21NO.ClH/c1-4-14(5-2)11(3)13(15)12-9-7-6-8-10-12;/h6-11,13,15H,4-5H2,1-3H3;1H/t11-,13-;/m0./s1. The van der Waals surface area contributed by atoms with E-state index in [-0.39, 0.29) is 18.4 Å². The Morgan fingerprint density at radius 2 is 1.62 bits per heavy atom. The van der Waals surface area contributed by atoms with Crippen LogP contribution in [-0.2, 0) is 0 Å². The van der Waals surface area contributed by atoms with Crippen molar-refractivity contribution in [1.82, 2.24) is 4.90 Å². The first-order valence-corrected chi connectivity index (χ1v) is 5.67. The third-order valence-corrected chi connectivity index (χ3v) is 2.99. The average molecular weight is 244 g/mol. The summed E-state index contributed by atoms with van der Waals surface area (Å²) in [5.41, 5.74) is 0.997. The molecule has 0 bridgehead atoms. The highest BCUT2D eigenvalue weighted by molar-refractivity contribution is 5.85. The summed E-state index contributed by atoms with van der Waals surface area (Å²) >= 11 is 0. The molecule has 0 fully saturated rings. The van der Waals surface area contributed by atoms with E-state index in [1.165, 1.54) is 0 Å². The summed E-state index contributed by atoms with van der Waals surface area (Å²) in [4.78, 5) is 2.26. The normalized spacial score (nSPS) is 14.3. The molecule has 0 amide bonds. The molecule has 1 aromatic rings. The molecule has 2 nitrogen and oxygen atoms in total. The maximum atomic E-state index is 10.2. The highest BCUT2D eigenvalue weighted by atomic mass is 35.5. The zero-order valence-corrected chi connectivity index (χ0v) is 11.1. The van der Waals surface area contributed by atoms with Gasteiger partial charge in [0.05, 0.1) is 6.10 Å². The molecule has 0 aromatic heterocycles. The van der Waals surface area contributed by atoms with Gasteiger partial charge in [-0.2, -0.15) is 0 Å². The van der Waals surface area contributed by atoms with Gasteiger partial charge in [-0.1, -0.05) is 44.2 Å². The first-order valence-electron chi connectivity index (χ1n) is 5.67. The van der Waals surface area contributed by atoms with Gasteiger partial charge in [-0.25, -0.2) is 0 Å². The first kappa shape index (κ1) is 15.4. The van der Waals surface area contributed by atoms with E-state index in [1.807, 2.05) is 30.3 Å². The Labute approximate surface area is 105 Å². The van der Waals surface area contributed by atoms with E-state index >= 15 is 0 Å². The minimum absolute atomic E-state index is 0. The Morgan fingerprint density at radius 3 is 2.06 bits per heavy atom. The van der Waals surface area contributed by atoms with Gasteiger partial charge in [0, 0.05) is 6.04 Å². The predicted molar refractivity (Wildman–Crippen MR) is 71.0 cm³/mol. The van der Waals surface area contributed by atoms with Crippen LogP contribution in [0.5, 0.6) is 0 Å². The summed E-state index contributed by atoms with van der Waals surface area (Å²) in [7, 11) is 0. The average Bonchev–Trinajstić information content (AvgIpc) is 2.30. The maximum absolute atomic E-state index is 10.2. The van der Waals surface area contributed by atoms with E-state index < -0.39 is 6.10 Å². The Morgan fingerprint density at radius 1 is 1.12 bits per heavy atom. The Bertz CT molecular complexity index is 275. The third kappa shape index (κ3) is 3.78. The number of hydrogen-bond donors (Lipinski definition) is 1. The molecule has 0 spiro atoms. The van der Waals surface area contributed by atoms with Crippen molar-refractivity contribution in [2.24, 2.45) is 0 Å². The van der Waals surface area contributed by atoms with Crippen molar-refractivity contribution in [3.63, 3.8) is 0 Å². The lowest BCUT2D eigenvalue weighted by Crippen LogP contribution is -2.37. The lowest BCUT2D eigenvalue weighted by atomic mass is 10.0. The summed E-state index contributed by atoms with van der Waals surface area (Å²) in [6, 6.07) is 10.0. The number of rotatable bonds is 5. The van der Waals surface area contributed by atoms with Crippen molar-refractivity contribution >= 4 is 12.4 Å². The minimum atomic E-state index is -0.397. The van der Waals surface area contributed by atoms with Gasteiger partial charge in [-0.3, -0.25) is 4.90 Å². The predicted octanol–water partition coefficient (Wildman–Crippen LogP) is 2.87. The van der Waals surface area contributed by atoms with Crippen molar-refractivity contribution in [2.75, 3.05) is 13.1 Å². The van der Waals surface area contributed by atoms with Gasteiger partial charge < -0.3 is 5.11 Å². The fourth-order valence-electron chi connectivity index (χ4n) is 1.93. The lowest BCUT2D eigenvalue weighted by Gasteiger charge is -2.30. The molecule has 0 radical (unpaired) electrons. The molecule has 0 saturated heterocycles. The second kappa shape index (κ2) is 7.66. The molecular weight excluding hydrogens is 222 g/mol. The van der Waals surface area contributed by atoms with E-state index in [9.17, 15) is 5.11 Å². The Hall–Kier alpha value is -0.570. The highest BCUT2D eigenvalue weighted by Crippen LogP contribution is 2.20. The second-order valence-electron chi connectivity index (χ2n) is 3.82. The number of hydrogen-bond acceptors (Lipinski definition) is 2. The SMILES string of the molecule is CCN(CC)[C@@H](C)[C@H](O)c1ccccc1.Cl. The molecule has 0 heterocycles. The largest absolute Gasteiger partial charge is 0.387 e. The van der Waals surface area contributed by atoms with E-state index in [4.69, 9.17) is 0 Å². The van der Waals surface area contributed by atoms with Gasteiger partial charge in [0.2, 0.25) is 0 Å². The van der Waals surface area contributed by atoms with Gasteiger partial charge in [-0.05, 0) is 25.6 Å². The van der Waals surface area contributed by atoms with Crippen molar-refractivity contribution in [3.05, 3.63) is 35.9 Å². The quantitative estimate of drug-likeness (QED) is 0.860. The monoisotopic (exact) mass is 243 g/mol. The van der Waals surface area contributed by atoms with Crippen molar-refractivity contribution in [2.45, 2.75) is 32.9 Å². The molecule has 1 rings (SSSR count). The molecule has 2 atom stereocenters. The van der Waals surface area contributed by atoms with Gasteiger partial charge in [0.1, 0.15) is 0 Å². The van der Waals surface area contributed by atoms with E-state index in [0.717, 1.165) is 18.7 Å². The third-order valence-electron chi connectivity index (χ3n) is 2.99. The van der Waals surface area contributed by atoms with Crippen LogP contribution in [0.3, 0.4) is 0 Å². The molecule has 92 valence electrons. The maximum Gasteiger partial charge on any atom is 0.0942 e. The van der Waals surface area contributed by atoms with Crippen LogP contribution in [-0.4, -0.2) is 29.1 Å².